The third-order valence-electron chi connectivity index (χ3n) is 8.09. The summed E-state index contributed by atoms with van der Waals surface area (Å²) in [6.07, 6.45) is 7.78. The molecule has 1 saturated carbocycles. The third-order valence-corrected chi connectivity index (χ3v) is 8.09. The van der Waals surface area contributed by atoms with Crippen molar-refractivity contribution in [3.63, 3.8) is 0 Å². The fraction of sp³-hybridized carbons (Fsp3) is 0.667. The van der Waals surface area contributed by atoms with Gasteiger partial charge in [-0.2, -0.15) is 0 Å². The van der Waals surface area contributed by atoms with E-state index in [9.17, 15) is 9.59 Å². The number of carbonyl (C=O) groups is 2. The summed E-state index contributed by atoms with van der Waals surface area (Å²) >= 11 is 0. The lowest BCUT2D eigenvalue weighted by atomic mass is 9.69. The average molecular weight is 401 g/mol. The number of nitrogens with zero attached hydrogens (tertiary/aromatic N) is 1. The molecular weight excluding hydrogens is 366 g/mol. The molecule has 1 aromatic rings. The van der Waals surface area contributed by atoms with Crippen LogP contribution in [0, 0.1) is 5.92 Å². The minimum absolute atomic E-state index is 0.0719. The van der Waals surface area contributed by atoms with Crippen LogP contribution in [0.15, 0.2) is 30.3 Å². The summed E-state index contributed by atoms with van der Waals surface area (Å²) in [6, 6.07) is 10.5. The van der Waals surface area contributed by atoms with Gasteiger partial charge in [-0.15, -0.1) is 0 Å². The normalized spacial score (nSPS) is 30.5. The number of rotatable bonds is 5. The molecule has 2 heterocycles. The summed E-state index contributed by atoms with van der Waals surface area (Å²) in [7, 11) is 5.96. The maximum Gasteiger partial charge on any atom is 0.328 e. The molecule has 0 amide bonds. The lowest BCUT2D eigenvalue weighted by Gasteiger charge is -2.44. The number of methoxy groups -OCH3 is 1. The number of esters is 2. The van der Waals surface area contributed by atoms with E-state index in [4.69, 9.17) is 9.47 Å². The standard InChI is InChI=1S/C24H34NO4/c1-25(2)19-13-14-20(25)16-21(15-19)29-23(27)24(22(26)28-3,18-11-7-8-12-18)17-9-5-4-6-10-17/h4-6,9-10,18-21H,7-8,11-16H2,1-3H3/q+1. The first kappa shape index (κ1) is 20.4. The lowest BCUT2D eigenvalue weighted by Crippen LogP contribution is -2.57. The Morgan fingerprint density at radius 3 is 2.07 bits per heavy atom. The number of benzene rings is 1. The fourth-order valence-corrected chi connectivity index (χ4v) is 6.28. The second-order valence-electron chi connectivity index (χ2n) is 9.66. The number of piperidine rings is 1. The van der Waals surface area contributed by atoms with E-state index < -0.39 is 17.4 Å². The zero-order valence-electron chi connectivity index (χ0n) is 17.9. The molecule has 3 unspecified atom stereocenters. The first-order chi connectivity index (χ1) is 13.9. The van der Waals surface area contributed by atoms with Gasteiger partial charge in [0, 0.05) is 25.7 Å². The molecule has 3 atom stereocenters. The van der Waals surface area contributed by atoms with E-state index in [0.29, 0.717) is 17.6 Å². The quantitative estimate of drug-likeness (QED) is 0.431. The molecule has 2 aliphatic heterocycles. The molecule has 3 aliphatic rings. The Morgan fingerprint density at radius 1 is 0.931 bits per heavy atom. The first-order valence-corrected chi connectivity index (χ1v) is 11.1. The summed E-state index contributed by atoms with van der Waals surface area (Å²) in [5.74, 6) is -0.952. The smallest absolute Gasteiger partial charge is 0.328 e. The van der Waals surface area contributed by atoms with Crippen molar-refractivity contribution in [2.45, 2.75) is 75.0 Å². The van der Waals surface area contributed by atoms with Crippen LogP contribution in [-0.2, 0) is 24.5 Å². The number of hydrogen-bond donors (Lipinski definition) is 0. The largest absolute Gasteiger partial charge is 0.468 e. The van der Waals surface area contributed by atoms with E-state index in [1.54, 1.807) is 0 Å². The van der Waals surface area contributed by atoms with Crippen LogP contribution in [0.25, 0.3) is 0 Å². The molecule has 5 nitrogen and oxygen atoms in total. The summed E-state index contributed by atoms with van der Waals surface area (Å²) in [5, 5.41) is 0. The minimum atomic E-state index is -1.35. The van der Waals surface area contributed by atoms with E-state index in [1.165, 1.54) is 20.0 Å². The van der Waals surface area contributed by atoms with Gasteiger partial charge in [0.25, 0.3) is 0 Å². The summed E-state index contributed by atoms with van der Waals surface area (Å²) in [5.41, 5.74) is -0.647. The van der Waals surface area contributed by atoms with E-state index in [-0.39, 0.29) is 12.0 Å². The van der Waals surface area contributed by atoms with Gasteiger partial charge in [0.05, 0.1) is 33.3 Å². The summed E-state index contributed by atoms with van der Waals surface area (Å²) < 4.78 is 12.4. The molecule has 4 rings (SSSR count). The Hall–Kier alpha value is -1.88. The van der Waals surface area contributed by atoms with Gasteiger partial charge >= 0.3 is 11.9 Å². The predicted molar refractivity (Wildman–Crippen MR) is 110 cm³/mol. The highest BCUT2D eigenvalue weighted by Gasteiger charge is 2.58. The van der Waals surface area contributed by atoms with Crippen LogP contribution in [0.1, 0.15) is 56.9 Å². The fourth-order valence-electron chi connectivity index (χ4n) is 6.28. The highest BCUT2D eigenvalue weighted by atomic mass is 16.6. The molecule has 5 heteroatoms. The minimum Gasteiger partial charge on any atom is -0.468 e. The molecule has 0 radical (unpaired) electrons. The Labute approximate surface area is 174 Å². The Kier molecular flexibility index (Phi) is 5.45. The van der Waals surface area contributed by atoms with Gasteiger partial charge in [-0.3, -0.25) is 9.59 Å². The van der Waals surface area contributed by atoms with E-state index >= 15 is 0 Å². The van der Waals surface area contributed by atoms with Crippen molar-refractivity contribution in [1.82, 2.24) is 0 Å². The molecule has 1 aromatic carbocycles. The Bertz CT molecular complexity index is 739. The first-order valence-electron chi connectivity index (χ1n) is 11.1. The number of ether oxygens (including phenoxy) is 2. The maximum atomic E-state index is 13.8. The molecule has 3 fully saturated rings. The van der Waals surface area contributed by atoms with Gasteiger partial charge in [-0.05, 0) is 24.3 Å². The monoisotopic (exact) mass is 400 g/mol. The van der Waals surface area contributed by atoms with Crippen LogP contribution in [0.4, 0.5) is 0 Å². The zero-order chi connectivity index (χ0) is 20.6. The van der Waals surface area contributed by atoms with Crippen molar-refractivity contribution >= 4 is 11.9 Å². The average Bonchev–Trinajstić information content (AvgIpc) is 3.26. The second kappa shape index (κ2) is 7.75. The number of carbonyl (C=O) groups excluding carboxylic acids is 2. The van der Waals surface area contributed by atoms with Crippen molar-refractivity contribution in [1.29, 1.82) is 0 Å². The van der Waals surface area contributed by atoms with Crippen molar-refractivity contribution in [2.75, 3.05) is 21.2 Å². The number of hydrogen-bond acceptors (Lipinski definition) is 4. The SMILES string of the molecule is COC(=O)C(C(=O)OC1CC2CCC(C1)[N+]2(C)C)(c1ccccc1)C1CCCC1. The van der Waals surface area contributed by atoms with Gasteiger partial charge in [-0.1, -0.05) is 43.2 Å². The van der Waals surface area contributed by atoms with Crippen molar-refractivity contribution in [3.05, 3.63) is 35.9 Å². The van der Waals surface area contributed by atoms with Crippen molar-refractivity contribution in [3.8, 4) is 0 Å². The van der Waals surface area contributed by atoms with Crippen LogP contribution in [0.2, 0.25) is 0 Å². The molecule has 2 saturated heterocycles. The van der Waals surface area contributed by atoms with Gasteiger partial charge in [-0.25, -0.2) is 0 Å². The van der Waals surface area contributed by atoms with Gasteiger partial charge in [0.15, 0.2) is 5.41 Å². The predicted octanol–water partition coefficient (Wildman–Crippen LogP) is 3.60. The van der Waals surface area contributed by atoms with Crippen LogP contribution >= 0.6 is 0 Å². The van der Waals surface area contributed by atoms with Gasteiger partial charge < -0.3 is 14.0 Å². The Balaban J connectivity index is 1.66. The zero-order valence-corrected chi connectivity index (χ0v) is 17.9. The topological polar surface area (TPSA) is 52.6 Å². The lowest BCUT2D eigenvalue weighted by molar-refractivity contribution is -0.931. The molecule has 158 valence electrons. The molecular formula is C24H34NO4+. The molecule has 1 aliphatic carbocycles. The van der Waals surface area contributed by atoms with Crippen LogP contribution in [-0.4, -0.2) is 55.8 Å². The molecule has 0 spiro atoms. The highest BCUT2D eigenvalue weighted by Crippen LogP contribution is 2.46. The number of quaternary nitrogens is 1. The van der Waals surface area contributed by atoms with Crippen molar-refractivity contribution < 1.29 is 23.5 Å². The van der Waals surface area contributed by atoms with Crippen LogP contribution in [0.3, 0.4) is 0 Å². The van der Waals surface area contributed by atoms with Crippen molar-refractivity contribution in [2.24, 2.45) is 5.92 Å². The summed E-state index contributed by atoms with van der Waals surface area (Å²) in [4.78, 5) is 27.0. The summed E-state index contributed by atoms with van der Waals surface area (Å²) in [6.45, 7) is 0. The van der Waals surface area contributed by atoms with E-state index in [2.05, 4.69) is 14.1 Å². The van der Waals surface area contributed by atoms with E-state index in [0.717, 1.165) is 43.0 Å². The number of fused-ring (bicyclic) bond motifs is 2. The maximum absolute atomic E-state index is 13.8. The molecule has 29 heavy (non-hydrogen) atoms. The van der Waals surface area contributed by atoms with Crippen LogP contribution < -0.4 is 0 Å². The van der Waals surface area contributed by atoms with Gasteiger partial charge in [0.1, 0.15) is 6.10 Å². The molecule has 2 bridgehead atoms. The molecule has 0 aromatic heterocycles. The van der Waals surface area contributed by atoms with E-state index in [1.807, 2.05) is 30.3 Å². The molecule has 0 N–H and O–H groups in total. The third kappa shape index (κ3) is 3.27. The van der Waals surface area contributed by atoms with Gasteiger partial charge in [0.2, 0.25) is 0 Å². The Morgan fingerprint density at radius 2 is 1.52 bits per heavy atom. The second-order valence-corrected chi connectivity index (χ2v) is 9.66. The van der Waals surface area contributed by atoms with Crippen LogP contribution in [0.5, 0.6) is 0 Å². The highest BCUT2D eigenvalue weighted by molar-refractivity contribution is 6.07.